The molecule has 1 aromatic heterocycles. The first-order valence-electron chi connectivity index (χ1n) is 7.51. The molecular weight excluding hydrogens is 378 g/mol. The minimum absolute atomic E-state index is 0.405. The lowest BCUT2D eigenvalue weighted by Gasteiger charge is -2.43. The maximum atomic E-state index is 4.57. The molecule has 0 amide bonds. The molecule has 0 bridgehead atoms. The molecule has 1 saturated carbocycles. The molecule has 20 heavy (non-hydrogen) atoms. The Morgan fingerprint density at radius 2 is 1.90 bits per heavy atom. The van der Waals surface area contributed by atoms with Crippen LogP contribution in [0.15, 0.2) is 22.8 Å². The number of hydrogen-bond acceptors (Lipinski definition) is 1. The van der Waals surface area contributed by atoms with Gasteiger partial charge in [0, 0.05) is 21.7 Å². The van der Waals surface area contributed by atoms with Crippen molar-refractivity contribution in [2.75, 3.05) is 5.33 Å². The number of pyridine rings is 1. The Labute approximate surface area is 140 Å². The van der Waals surface area contributed by atoms with Crippen molar-refractivity contribution in [1.29, 1.82) is 0 Å². The van der Waals surface area contributed by atoms with E-state index in [9.17, 15) is 0 Å². The molecule has 1 nitrogen and oxygen atoms in total. The summed E-state index contributed by atoms with van der Waals surface area (Å²) in [6.45, 7) is 7.15. The van der Waals surface area contributed by atoms with Gasteiger partial charge in [-0.05, 0) is 76.9 Å². The van der Waals surface area contributed by atoms with Crippen molar-refractivity contribution in [3.63, 3.8) is 0 Å². The van der Waals surface area contributed by atoms with E-state index in [1.165, 1.54) is 31.4 Å². The van der Waals surface area contributed by atoms with Crippen LogP contribution in [0.4, 0.5) is 0 Å². The largest absolute Gasteiger partial charge is 0.260 e. The van der Waals surface area contributed by atoms with Crippen molar-refractivity contribution >= 4 is 31.9 Å². The molecule has 0 aliphatic heterocycles. The molecule has 0 radical (unpaired) electrons. The van der Waals surface area contributed by atoms with Gasteiger partial charge in [0.25, 0.3) is 0 Å². The normalized spacial score (nSPS) is 27.6. The van der Waals surface area contributed by atoms with Gasteiger partial charge in [-0.15, -0.1) is 0 Å². The molecule has 1 aliphatic rings. The second-order valence-corrected chi connectivity index (χ2v) is 8.89. The van der Waals surface area contributed by atoms with Gasteiger partial charge < -0.3 is 0 Å². The molecule has 0 atom stereocenters. The zero-order chi connectivity index (χ0) is 14.8. The van der Waals surface area contributed by atoms with E-state index in [1.54, 1.807) is 0 Å². The predicted molar refractivity (Wildman–Crippen MR) is 93.3 cm³/mol. The second kappa shape index (κ2) is 6.48. The zero-order valence-corrected chi connectivity index (χ0v) is 15.9. The highest BCUT2D eigenvalue weighted by molar-refractivity contribution is 9.10. The number of rotatable bonds is 3. The third kappa shape index (κ3) is 4.07. The van der Waals surface area contributed by atoms with E-state index in [0.29, 0.717) is 10.8 Å². The summed E-state index contributed by atoms with van der Waals surface area (Å²) in [5.74, 6) is 0.868. The monoisotopic (exact) mass is 401 g/mol. The molecule has 2 rings (SSSR count). The summed E-state index contributed by atoms with van der Waals surface area (Å²) in [4.78, 5) is 4.57. The standard InChI is InChI=1S/C17H25Br2N/c1-16(2,3)13-6-8-17(12-18,9-7-13)10-15-5-4-14(19)11-20-15/h4-5,11,13H,6-10,12H2,1-3H3. The van der Waals surface area contributed by atoms with Gasteiger partial charge in [0.2, 0.25) is 0 Å². The van der Waals surface area contributed by atoms with Crippen LogP contribution in [0, 0.1) is 16.7 Å². The minimum atomic E-state index is 0.405. The number of aromatic nitrogens is 1. The maximum absolute atomic E-state index is 4.57. The summed E-state index contributed by atoms with van der Waals surface area (Å²) in [5, 5.41) is 1.09. The van der Waals surface area contributed by atoms with E-state index in [4.69, 9.17) is 0 Å². The van der Waals surface area contributed by atoms with Crippen LogP contribution in [-0.2, 0) is 6.42 Å². The van der Waals surface area contributed by atoms with Gasteiger partial charge in [-0.25, -0.2) is 0 Å². The Hall–Kier alpha value is 0.110. The van der Waals surface area contributed by atoms with E-state index < -0.39 is 0 Å². The number of nitrogens with zero attached hydrogens (tertiary/aromatic N) is 1. The summed E-state index contributed by atoms with van der Waals surface area (Å²) in [7, 11) is 0. The van der Waals surface area contributed by atoms with E-state index in [-0.39, 0.29) is 0 Å². The molecule has 3 heteroatoms. The Bertz CT molecular complexity index is 425. The van der Waals surface area contributed by atoms with Crippen LogP contribution in [0.1, 0.15) is 52.1 Å². The maximum Gasteiger partial charge on any atom is 0.0413 e. The van der Waals surface area contributed by atoms with Crippen molar-refractivity contribution in [2.45, 2.75) is 52.9 Å². The topological polar surface area (TPSA) is 12.9 Å². The SMILES string of the molecule is CC(C)(C)C1CCC(CBr)(Cc2ccc(Br)cn2)CC1. The van der Waals surface area contributed by atoms with E-state index in [2.05, 4.69) is 69.7 Å². The molecule has 0 saturated heterocycles. The smallest absolute Gasteiger partial charge is 0.0413 e. The molecule has 1 aliphatic carbocycles. The first kappa shape index (κ1) is 16.5. The van der Waals surface area contributed by atoms with Gasteiger partial charge in [0.15, 0.2) is 0 Å². The van der Waals surface area contributed by atoms with Crippen molar-refractivity contribution < 1.29 is 0 Å². The lowest BCUT2D eigenvalue weighted by molar-refractivity contribution is 0.103. The van der Waals surface area contributed by atoms with Gasteiger partial charge in [0.05, 0.1) is 0 Å². The fourth-order valence-corrected chi connectivity index (χ4v) is 4.34. The molecule has 112 valence electrons. The van der Waals surface area contributed by atoms with E-state index >= 15 is 0 Å². The second-order valence-electron chi connectivity index (χ2n) is 7.42. The van der Waals surface area contributed by atoms with Crippen LogP contribution >= 0.6 is 31.9 Å². The number of hydrogen-bond donors (Lipinski definition) is 0. The van der Waals surface area contributed by atoms with Gasteiger partial charge in [-0.1, -0.05) is 36.7 Å². The van der Waals surface area contributed by atoms with Crippen molar-refractivity contribution in [2.24, 2.45) is 16.7 Å². The highest BCUT2D eigenvalue weighted by atomic mass is 79.9. The van der Waals surface area contributed by atoms with Crippen LogP contribution in [0.3, 0.4) is 0 Å². The summed E-state index contributed by atoms with van der Waals surface area (Å²) in [6.07, 6.45) is 8.35. The number of halogens is 2. The molecule has 0 spiro atoms. The molecule has 1 aromatic rings. The highest BCUT2D eigenvalue weighted by Crippen LogP contribution is 2.47. The van der Waals surface area contributed by atoms with Gasteiger partial charge in [0.1, 0.15) is 0 Å². The predicted octanol–water partition coefficient (Wildman–Crippen LogP) is 6.00. The Kier molecular flexibility index (Phi) is 5.34. The molecule has 0 unspecified atom stereocenters. The lowest BCUT2D eigenvalue weighted by atomic mass is 9.63. The molecular formula is C17H25Br2N. The van der Waals surface area contributed by atoms with Gasteiger partial charge >= 0.3 is 0 Å². The van der Waals surface area contributed by atoms with Gasteiger partial charge in [-0.3, -0.25) is 4.98 Å². The molecule has 0 aromatic carbocycles. The van der Waals surface area contributed by atoms with Crippen molar-refractivity contribution in [1.82, 2.24) is 4.98 Å². The van der Waals surface area contributed by atoms with Crippen LogP contribution < -0.4 is 0 Å². The fourth-order valence-electron chi connectivity index (χ4n) is 3.35. The minimum Gasteiger partial charge on any atom is -0.260 e. The molecule has 0 N–H and O–H groups in total. The van der Waals surface area contributed by atoms with Crippen LogP contribution in [0.5, 0.6) is 0 Å². The summed E-state index contributed by atoms with van der Waals surface area (Å²) in [6, 6.07) is 4.26. The van der Waals surface area contributed by atoms with Crippen LogP contribution in [-0.4, -0.2) is 10.3 Å². The van der Waals surface area contributed by atoms with Crippen molar-refractivity contribution in [3.05, 3.63) is 28.5 Å². The molecule has 1 fully saturated rings. The zero-order valence-electron chi connectivity index (χ0n) is 12.8. The van der Waals surface area contributed by atoms with Gasteiger partial charge in [-0.2, -0.15) is 0 Å². The third-order valence-corrected chi connectivity index (χ3v) is 6.56. The molecule has 1 heterocycles. The third-order valence-electron chi connectivity index (χ3n) is 4.90. The average molecular weight is 403 g/mol. The first-order chi connectivity index (χ1) is 9.35. The first-order valence-corrected chi connectivity index (χ1v) is 9.42. The van der Waals surface area contributed by atoms with E-state index in [0.717, 1.165) is 22.1 Å². The van der Waals surface area contributed by atoms with E-state index in [1.807, 2.05) is 6.20 Å². The quantitative estimate of drug-likeness (QED) is 0.564. The Morgan fingerprint density at radius 3 is 2.35 bits per heavy atom. The summed E-state index contributed by atoms with van der Waals surface area (Å²) >= 11 is 7.23. The lowest BCUT2D eigenvalue weighted by Crippen LogP contribution is -2.35. The average Bonchev–Trinajstić information content (AvgIpc) is 2.41. The Morgan fingerprint density at radius 1 is 1.25 bits per heavy atom. The fraction of sp³-hybridized carbons (Fsp3) is 0.706. The number of alkyl halides is 1. The summed E-state index contributed by atoms with van der Waals surface area (Å²) < 4.78 is 1.06. The summed E-state index contributed by atoms with van der Waals surface area (Å²) in [5.41, 5.74) is 2.08. The Balaban J connectivity index is 2.03. The van der Waals surface area contributed by atoms with Crippen molar-refractivity contribution in [3.8, 4) is 0 Å². The van der Waals surface area contributed by atoms with Crippen LogP contribution in [0.25, 0.3) is 0 Å². The highest BCUT2D eigenvalue weighted by Gasteiger charge is 2.38. The van der Waals surface area contributed by atoms with Crippen LogP contribution in [0.2, 0.25) is 0 Å².